The zero-order valence-corrected chi connectivity index (χ0v) is 11.4. The normalized spacial score (nSPS) is 20.8. The summed E-state index contributed by atoms with van der Waals surface area (Å²) in [6.07, 6.45) is 9.33. The summed E-state index contributed by atoms with van der Waals surface area (Å²) in [5.41, 5.74) is 0. The Morgan fingerprint density at radius 1 is 1.53 bits per heavy atom. The zero-order valence-electron chi connectivity index (χ0n) is 11.4. The van der Waals surface area contributed by atoms with Gasteiger partial charge in [0.2, 0.25) is 5.91 Å². The standard InChI is InChI=1S/C14H20N4O/c1-17(14(19)9-11-5-2-3-6-11)10-13-16-15-12-7-4-8-18(12)13/h2,5,11H,3-4,6-10H2,1H3/t11-/m0/s1. The monoisotopic (exact) mass is 260 g/mol. The van der Waals surface area contributed by atoms with Crippen LogP contribution in [0.15, 0.2) is 12.2 Å². The molecule has 1 atom stereocenters. The number of carbonyl (C=O) groups excluding carboxylic acids is 1. The first-order valence-corrected chi connectivity index (χ1v) is 7.05. The van der Waals surface area contributed by atoms with Crippen LogP contribution in [0, 0.1) is 5.92 Å². The third-order valence-corrected chi connectivity index (χ3v) is 4.04. The molecule has 2 heterocycles. The van der Waals surface area contributed by atoms with Crippen molar-refractivity contribution in [3.63, 3.8) is 0 Å². The van der Waals surface area contributed by atoms with E-state index in [0.717, 1.165) is 43.9 Å². The highest BCUT2D eigenvalue weighted by Gasteiger charge is 2.21. The summed E-state index contributed by atoms with van der Waals surface area (Å²) in [4.78, 5) is 13.9. The maximum Gasteiger partial charge on any atom is 0.223 e. The summed E-state index contributed by atoms with van der Waals surface area (Å²) < 4.78 is 2.15. The molecule has 1 amide bonds. The van der Waals surface area contributed by atoms with Crippen molar-refractivity contribution < 1.29 is 4.79 Å². The van der Waals surface area contributed by atoms with Crippen LogP contribution in [0.4, 0.5) is 0 Å². The smallest absolute Gasteiger partial charge is 0.223 e. The van der Waals surface area contributed by atoms with Gasteiger partial charge in [-0.15, -0.1) is 10.2 Å². The molecule has 0 bridgehead atoms. The van der Waals surface area contributed by atoms with Crippen molar-refractivity contribution in [2.24, 2.45) is 5.92 Å². The van der Waals surface area contributed by atoms with E-state index in [1.165, 1.54) is 0 Å². The van der Waals surface area contributed by atoms with Gasteiger partial charge in [0.15, 0.2) is 5.82 Å². The average Bonchev–Trinajstić information content (AvgIpc) is 3.07. The van der Waals surface area contributed by atoms with Gasteiger partial charge in [-0.3, -0.25) is 4.79 Å². The van der Waals surface area contributed by atoms with Crippen LogP contribution in [0.2, 0.25) is 0 Å². The summed E-state index contributed by atoms with van der Waals surface area (Å²) in [7, 11) is 1.86. The van der Waals surface area contributed by atoms with E-state index < -0.39 is 0 Å². The number of rotatable bonds is 4. The molecule has 5 heteroatoms. The van der Waals surface area contributed by atoms with Gasteiger partial charge in [0.1, 0.15) is 5.82 Å². The molecule has 0 N–H and O–H groups in total. The molecule has 1 aromatic heterocycles. The lowest BCUT2D eigenvalue weighted by Crippen LogP contribution is -2.28. The van der Waals surface area contributed by atoms with Crippen molar-refractivity contribution in [1.82, 2.24) is 19.7 Å². The molecular weight excluding hydrogens is 240 g/mol. The summed E-state index contributed by atoms with van der Waals surface area (Å²) in [6.45, 7) is 1.56. The van der Waals surface area contributed by atoms with E-state index in [2.05, 4.69) is 26.9 Å². The highest BCUT2D eigenvalue weighted by molar-refractivity contribution is 5.76. The van der Waals surface area contributed by atoms with E-state index in [9.17, 15) is 4.79 Å². The lowest BCUT2D eigenvalue weighted by molar-refractivity contribution is -0.131. The van der Waals surface area contributed by atoms with Crippen molar-refractivity contribution in [2.45, 2.75) is 45.2 Å². The number of amides is 1. The molecule has 0 radical (unpaired) electrons. The molecule has 5 nitrogen and oxygen atoms in total. The molecule has 0 unspecified atom stereocenters. The number of aryl methyl sites for hydroxylation is 1. The van der Waals surface area contributed by atoms with Crippen LogP contribution in [0.1, 0.15) is 37.3 Å². The molecule has 0 aromatic carbocycles. The van der Waals surface area contributed by atoms with Crippen LogP contribution >= 0.6 is 0 Å². The van der Waals surface area contributed by atoms with Gasteiger partial charge in [-0.2, -0.15) is 0 Å². The fourth-order valence-corrected chi connectivity index (χ4v) is 2.87. The minimum atomic E-state index is 0.201. The van der Waals surface area contributed by atoms with E-state index in [1.54, 1.807) is 4.90 Å². The first-order valence-electron chi connectivity index (χ1n) is 7.05. The molecule has 3 rings (SSSR count). The minimum absolute atomic E-state index is 0.201. The number of allylic oxidation sites excluding steroid dienone is 2. The van der Waals surface area contributed by atoms with Gasteiger partial charge in [0.05, 0.1) is 6.54 Å². The lowest BCUT2D eigenvalue weighted by Gasteiger charge is -2.18. The van der Waals surface area contributed by atoms with Gasteiger partial charge in [-0.25, -0.2) is 0 Å². The van der Waals surface area contributed by atoms with Gasteiger partial charge < -0.3 is 9.47 Å². The quantitative estimate of drug-likeness (QED) is 0.772. The highest BCUT2D eigenvalue weighted by Crippen LogP contribution is 2.21. The number of hydrogen-bond acceptors (Lipinski definition) is 3. The van der Waals surface area contributed by atoms with E-state index in [0.29, 0.717) is 18.9 Å². The van der Waals surface area contributed by atoms with Crippen LogP contribution < -0.4 is 0 Å². The highest BCUT2D eigenvalue weighted by atomic mass is 16.2. The first kappa shape index (κ1) is 12.4. The van der Waals surface area contributed by atoms with Gasteiger partial charge >= 0.3 is 0 Å². The second kappa shape index (κ2) is 5.15. The van der Waals surface area contributed by atoms with Crippen LogP contribution in [0.3, 0.4) is 0 Å². The number of fused-ring (bicyclic) bond motifs is 1. The largest absolute Gasteiger partial charge is 0.338 e. The van der Waals surface area contributed by atoms with Gasteiger partial charge in [0.25, 0.3) is 0 Å². The van der Waals surface area contributed by atoms with Crippen molar-refractivity contribution in [1.29, 1.82) is 0 Å². The van der Waals surface area contributed by atoms with E-state index >= 15 is 0 Å². The van der Waals surface area contributed by atoms with Crippen molar-refractivity contribution >= 4 is 5.91 Å². The van der Waals surface area contributed by atoms with Crippen LogP contribution in [0.25, 0.3) is 0 Å². The summed E-state index contributed by atoms with van der Waals surface area (Å²) in [5, 5.41) is 8.37. The van der Waals surface area contributed by atoms with Crippen molar-refractivity contribution in [3.05, 3.63) is 23.8 Å². The summed E-state index contributed by atoms with van der Waals surface area (Å²) in [5.74, 6) is 2.62. The molecule has 19 heavy (non-hydrogen) atoms. The predicted octanol–water partition coefficient (Wildman–Crippen LogP) is 1.54. The number of aromatic nitrogens is 3. The molecule has 102 valence electrons. The van der Waals surface area contributed by atoms with Crippen LogP contribution in [-0.4, -0.2) is 32.6 Å². The molecule has 0 saturated heterocycles. The molecule has 0 fully saturated rings. The first-order chi connectivity index (χ1) is 9.24. The Kier molecular flexibility index (Phi) is 3.36. The molecule has 0 saturated carbocycles. The fourth-order valence-electron chi connectivity index (χ4n) is 2.87. The second-order valence-corrected chi connectivity index (χ2v) is 5.51. The second-order valence-electron chi connectivity index (χ2n) is 5.51. The van der Waals surface area contributed by atoms with E-state index in [-0.39, 0.29) is 5.91 Å². The Morgan fingerprint density at radius 3 is 3.21 bits per heavy atom. The van der Waals surface area contributed by atoms with Crippen molar-refractivity contribution in [3.8, 4) is 0 Å². The van der Waals surface area contributed by atoms with Gasteiger partial charge in [0, 0.05) is 26.4 Å². The van der Waals surface area contributed by atoms with Gasteiger partial charge in [-0.1, -0.05) is 12.2 Å². The summed E-state index contributed by atoms with van der Waals surface area (Å²) in [6, 6.07) is 0. The Bertz CT molecular complexity index is 506. The third kappa shape index (κ3) is 2.55. The topological polar surface area (TPSA) is 51.0 Å². The van der Waals surface area contributed by atoms with E-state index in [4.69, 9.17) is 0 Å². The maximum atomic E-state index is 12.2. The number of hydrogen-bond donors (Lipinski definition) is 0. The molecule has 1 aliphatic carbocycles. The fraction of sp³-hybridized carbons (Fsp3) is 0.643. The molecule has 1 aliphatic heterocycles. The molecule has 2 aliphatic rings. The Morgan fingerprint density at radius 2 is 2.42 bits per heavy atom. The number of nitrogens with zero attached hydrogens (tertiary/aromatic N) is 4. The third-order valence-electron chi connectivity index (χ3n) is 4.04. The Hall–Kier alpha value is -1.65. The van der Waals surface area contributed by atoms with E-state index in [1.807, 2.05) is 7.05 Å². The average molecular weight is 260 g/mol. The van der Waals surface area contributed by atoms with Crippen LogP contribution in [-0.2, 0) is 24.3 Å². The molecular formula is C14H20N4O. The Labute approximate surface area is 113 Å². The predicted molar refractivity (Wildman–Crippen MR) is 71.3 cm³/mol. The maximum absolute atomic E-state index is 12.2. The molecule has 1 aromatic rings. The van der Waals surface area contributed by atoms with Crippen LogP contribution in [0.5, 0.6) is 0 Å². The number of carbonyl (C=O) groups is 1. The van der Waals surface area contributed by atoms with Crippen molar-refractivity contribution in [2.75, 3.05) is 7.05 Å². The molecule has 0 spiro atoms. The summed E-state index contributed by atoms with van der Waals surface area (Å²) >= 11 is 0. The van der Waals surface area contributed by atoms with Gasteiger partial charge in [-0.05, 0) is 25.2 Å². The zero-order chi connectivity index (χ0) is 13.2. The lowest BCUT2D eigenvalue weighted by atomic mass is 10.0. The Balaban J connectivity index is 1.59. The SMILES string of the molecule is CN(Cc1nnc2n1CCC2)C(=O)C[C@H]1C=CCC1. The minimum Gasteiger partial charge on any atom is -0.338 e.